The zero-order valence-corrected chi connectivity index (χ0v) is 15.7. The third kappa shape index (κ3) is 5.24. The summed E-state index contributed by atoms with van der Waals surface area (Å²) in [6.07, 6.45) is 0.201. The number of rotatable bonds is 7. The van der Waals surface area contributed by atoms with E-state index in [2.05, 4.69) is 5.32 Å². The van der Waals surface area contributed by atoms with Gasteiger partial charge in [-0.25, -0.2) is 0 Å². The molecular weight excluding hydrogens is 330 g/mol. The summed E-state index contributed by atoms with van der Waals surface area (Å²) in [5, 5.41) is 2.82. The van der Waals surface area contributed by atoms with Crippen LogP contribution in [0.3, 0.4) is 0 Å². The molecule has 1 N–H and O–H groups in total. The van der Waals surface area contributed by atoms with E-state index in [1.165, 1.54) is 6.92 Å². The predicted molar refractivity (Wildman–Crippen MR) is 105 cm³/mol. The van der Waals surface area contributed by atoms with Gasteiger partial charge >= 0.3 is 0 Å². The molecule has 0 aliphatic heterocycles. The van der Waals surface area contributed by atoms with E-state index < -0.39 is 0 Å². The lowest BCUT2D eigenvalue weighted by molar-refractivity contribution is -0.117. The molecule has 0 heterocycles. The molecule has 2 aromatic rings. The summed E-state index contributed by atoms with van der Waals surface area (Å²) in [5.41, 5.74) is 2.49. The summed E-state index contributed by atoms with van der Waals surface area (Å²) in [5.74, 6) is 0.417. The van der Waals surface area contributed by atoms with E-state index in [9.17, 15) is 9.59 Å². The number of hydrogen-bond donors (Lipinski definition) is 1. The van der Waals surface area contributed by atoms with E-state index in [1.807, 2.05) is 55.4 Å². The summed E-state index contributed by atoms with van der Waals surface area (Å²) in [4.78, 5) is 27.8. The molecule has 0 fully saturated rings. The van der Waals surface area contributed by atoms with Gasteiger partial charge in [0.05, 0.1) is 7.11 Å². The first-order valence-electron chi connectivity index (χ1n) is 8.40. The number of amides is 2. The average molecular weight is 355 g/mol. The molecule has 2 rings (SSSR count). The molecule has 0 atom stereocenters. The molecule has 0 spiro atoms. The van der Waals surface area contributed by atoms with E-state index in [-0.39, 0.29) is 18.2 Å². The Kier molecular flexibility index (Phi) is 6.60. The average Bonchev–Trinajstić information content (AvgIpc) is 2.62. The Bertz CT molecular complexity index is 757. The van der Waals surface area contributed by atoms with Crippen LogP contribution in [0.2, 0.25) is 0 Å². The molecule has 0 saturated carbocycles. The van der Waals surface area contributed by atoms with Crippen LogP contribution in [0.1, 0.15) is 13.3 Å². The van der Waals surface area contributed by atoms with Crippen molar-refractivity contribution in [1.29, 1.82) is 0 Å². The second-order valence-corrected chi connectivity index (χ2v) is 6.11. The van der Waals surface area contributed by atoms with Gasteiger partial charge in [-0.2, -0.15) is 0 Å². The molecule has 2 aromatic carbocycles. The van der Waals surface area contributed by atoms with Crippen molar-refractivity contribution in [2.24, 2.45) is 0 Å². The highest BCUT2D eigenvalue weighted by atomic mass is 16.5. The zero-order chi connectivity index (χ0) is 19.1. The summed E-state index contributed by atoms with van der Waals surface area (Å²) in [7, 11) is 5.49. The number of nitrogens with one attached hydrogen (secondary N) is 1. The predicted octanol–water partition coefficient (Wildman–Crippen LogP) is 3.14. The molecule has 2 amide bonds. The Morgan fingerprint density at radius 2 is 1.69 bits per heavy atom. The Morgan fingerprint density at radius 3 is 2.27 bits per heavy atom. The fourth-order valence-electron chi connectivity index (χ4n) is 2.54. The van der Waals surface area contributed by atoms with E-state index in [1.54, 1.807) is 24.1 Å². The molecule has 0 saturated heterocycles. The Labute approximate surface area is 154 Å². The molecule has 6 nitrogen and oxygen atoms in total. The van der Waals surface area contributed by atoms with Crippen LogP contribution in [-0.2, 0) is 9.59 Å². The summed E-state index contributed by atoms with van der Waals surface area (Å²) in [6, 6.07) is 14.8. The van der Waals surface area contributed by atoms with Gasteiger partial charge in [-0.05, 0) is 36.4 Å². The van der Waals surface area contributed by atoms with Crippen molar-refractivity contribution in [2.45, 2.75) is 13.3 Å². The molecule has 0 aliphatic carbocycles. The van der Waals surface area contributed by atoms with Crippen LogP contribution in [0.4, 0.5) is 17.1 Å². The second kappa shape index (κ2) is 8.89. The van der Waals surface area contributed by atoms with Crippen molar-refractivity contribution in [3.63, 3.8) is 0 Å². The number of carbonyl (C=O) groups excluding carboxylic acids is 2. The van der Waals surface area contributed by atoms with Crippen LogP contribution in [0.25, 0.3) is 0 Å². The largest absolute Gasteiger partial charge is 0.497 e. The van der Waals surface area contributed by atoms with Gasteiger partial charge in [0.15, 0.2) is 0 Å². The minimum atomic E-state index is -0.158. The highest BCUT2D eigenvalue weighted by Crippen LogP contribution is 2.20. The first kappa shape index (κ1) is 19.3. The summed E-state index contributed by atoms with van der Waals surface area (Å²) < 4.78 is 5.14. The number of hydrogen-bond acceptors (Lipinski definition) is 4. The Morgan fingerprint density at radius 1 is 1.04 bits per heavy atom. The summed E-state index contributed by atoms with van der Waals surface area (Å²) in [6.45, 7) is 1.81. The molecule has 0 aromatic heterocycles. The number of carbonyl (C=O) groups is 2. The zero-order valence-electron chi connectivity index (χ0n) is 15.7. The number of ether oxygens (including phenoxy) is 1. The van der Waals surface area contributed by atoms with Gasteiger partial charge in [-0.1, -0.05) is 6.07 Å². The van der Waals surface area contributed by atoms with Crippen molar-refractivity contribution in [3.8, 4) is 5.75 Å². The fraction of sp³-hybridized carbons (Fsp3) is 0.300. The standard InChI is InChI=1S/C20H25N3O3/c1-15(24)23(18-10-8-17(9-11-18)22(2)3)13-12-20(25)21-16-6-5-7-19(14-16)26-4/h5-11,14H,12-13H2,1-4H3,(H,21,25). The van der Waals surface area contributed by atoms with Crippen LogP contribution in [0.5, 0.6) is 5.75 Å². The maximum Gasteiger partial charge on any atom is 0.226 e. The van der Waals surface area contributed by atoms with Gasteiger partial charge in [0.2, 0.25) is 11.8 Å². The van der Waals surface area contributed by atoms with Crippen LogP contribution in [-0.4, -0.2) is 39.6 Å². The number of benzene rings is 2. The van der Waals surface area contributed by atoms with Crippen molar-refractivity contribution in [1.82, 2.24) is 0 Å². The Balaban J connectivity index is 1.99. The van der Waals surface area contributed by atoms with E-state index >= 15 is 0 Å². The first-order valence-corrected chi connectivity index (χ1v) is 8.40. The minimum absolute atomic E-state index is 0.100. The smallest absolute Gasteiger partial charge is 0.226 e. The van der Waals surface area contributed by atoms with E-state index in [4.69, 9.17) is 4.74 Å². The number of methoxy groups -OCH3 is 1. The first-order chi connectivity index (χ1) is 12.4. The van der Waals surface area contributed by atoms with Gasteiger partial charge in [-0.3, -0.25) is 9.59 Å². The topological polar surface area (TPSA) is 61.9 Å². The van der Waals surface area contributed by atoms with Gasteiger partial charge in [0.25, 0.3) is 0 Å². The lowest BCUT2D eigenvalue weighted by atomic mass is 10.2. The molecule has 0 aliphatic rings. The molecular formula is C20H25N3O3. The SMILES string of the molecule is COc1cccc(NC(=O)CCN(C(C)=O)c2ccc(N(C)C)cc2)c1. The normalized spacial score (nSPS) is 10.2. The van der Waals surface area contributed by atoms with Crippen molar-refractivity contribution < 1.29 is 14.3 Å². The van der Waals surface area contributed by atoms with Gasteiger partial charge in [0, 0.05) is 57.1 Å². The molecule has 0 radical (unpaired) electrons. The third-order valence-electron chi connectivity index (χ3n) is 3.97. The van der Waals surface area contributed by atoms with E-state index in [0.717, 1.165) is 11.4 Å². The number of anilines is 3. The molecule has 0 bridgehead atoms. The van der Waals surface area contributed by atoms with Gasteiger partial charge in [0.1, 0.15) is 5.75 Å². The highest BCUT2D eigenvalue weighted by molar-refractivity contribution is 5.95. The van der Waals surface area contributed by atoms with Gasteiger partial charge in [-0.15, -0.1) is 0 Å². The lowest BCUT2D eigenvalue weighted by Crippen LogP contribution is -2.32. The summed E-state index contributed by atoms with van der Waals surface area (Å²) >= 11 is 0. The molecule has 138 valence electrons. The van der Waals surface area contributed by atoms with Crippen molar-refractivity contribution >= 4 is 28.9 Å². The van der Waals surface area contributed by atoms with E-state index in [0.29, 0.717) is 18.0 Å². The Hall–Kier alpha value is -3.02. The fourth-order valence-corrected chi connectivity index (χ4v) is 2.54. The van der Waals surface area contributed by atoms with Gasteiger partial charge < -0.3 is 19.9 Å². The van der Waals surface area contributed by atoms with Crippen molar-refractivity contribution in [3.05, 3.63) is 48.5 Å². The van der Waals surface area contributed by atoms with Crippen LogP contribution < -0.4 is 19.9 Å². The molecule has 26 heavy (non-hydrogen) atoms. The van der Waals surface area contributed by atoms with Crippen molar-refractivity contribution in [2.75, 3.05) is 42.9 Å². The maximum atomic E-state index is 12.2. The number of nitrogens with zero attached hydrogens (tertiary/aromatic N) is 2. The molecule has 0 unspecified atom stereocenters. The second-order valence-electron chi connectivity index (χ2n) is 6.11. The lowest BCUT2D eigenvalue weighted by Gasteiger charge is -2.22. The maximum absolute atomic E-state index is 12.2. The van der Waals surface area contributed by atoms with Crippen LogP contribution >= 0.6 is 0 Å². The molecule has 6 heteroatoms. The third-order valence-corrected chi connectivity index (χ3v) is 3.97. The quantitative estimate of drug-likeness (QED) is 0.829. The minimum Gasteiger partial charge on any atom is -0.497 e. The monoisotopic (exact) mass is 355 g/mol. The highest BCUT2D eigenvalue weighted by Gasteiger charge is 2.14. The van der Waals surface area contributed by atoms with Crippen LogP contribution in [0, 0.1) is 0 Å². The van der Waals surface area contributed by atoms with Crippen LogP contribution in [0.15, 0.2) is 48.5 Å².